The molecule has 1 aliphatic heterocycles. The Kier molecular flexibility index (Phi) is 4.07. The zero-order chi connectivity index (χ0) is 12.5. The number of hydrogen-bond donors (Lipinski definition) is 1. The maximum Gasteiger partial charge on any atom is 0.163 e. The summed E-state index contributed by atoms with van der Waals surface area (Å²) in [5.74, 6) is 0.331. The maximum atomic E-state index is 5.70. The SMILES string of the molecule is CC1(C)OCC(CNc2ncc(Br)cc2Br)O1. The second-order valence-electron chi connectivity index (χ2n) is 4.32. The van der Waals surface area contributed by atoms with Gasteiger partial charge in [-0.25, -0.2) is 4.98 Å². The highest BCUT2D eigenvalue weighted by Gasteiger charge is 2.32. The number of ether oxygens (including phenoxy) is 2. The zero-order valence-corrected chi connectivity index (χ0v) is 12.8. The Morgan fingerprint density at radius 3 is 2.88 bits per heavy atom. The van der Waals surface area contributed by atoms with Gasteiger partial charge in [0.1, 0.15) is 11.9 Å². The fourth-order valence-corrected chi connectivity index (χ4v) is 2.75. The van der Waals surface area contributed by atoms with E-state index >= 15 is 0 Å². The molecule has 0 bridgehead atoms. The molecule has 6 heteroatoms. The van der Waals surface area contributed by atoms with Gasteiger partial charge in [-0.1, -0.05) is 0 Å². The molecule has 0 spiro atoms. The van der Waals surface area contributed by atoms with Crippen molar-refractivity contribution < 1.29 is 9.47 Å². The predicted molar refractivity (Wildman–Crippen MR) is 73.0 cm³/mol. The van der Waals surface area contributed by atoms with E-state index < -0.39 is 5.79 Å². The molecule has 1 atom stereocenters. The van der Waals surface area contributed by atoms with E-state index in [1.807, 2.05) is 19.9 Å². The van der Waals surface area contributed by atoms with Gasteiger partial charge in [0.25, 0.3) is 0 Å². The molecule has 1 aliphatic rings. The van der Waals surface area contributed by atoms with Crippen molar-refractivity contribution in [2.24, 2.45) is 0 Å². The minimum Gasteiger partial charge on any atom is -0.366 e. The van der Waals surface area contributed by atoms with E-state index in [9.17, 15) is 0 Å². The van der Waals surface area contributed by atoms with E-state index in [0.29, 0.717) is 13.2 Å². The average molecular weight is 366 g/mol. The van der Waals surface area contributed by atoms with Gasteiger partial charge in [-0.2, -0.15) is 0 Å². The first-order chi connectivity index (χ1) is 7.96. The molecule has 0 radical (unpaired) electrons. The predicted octanol–water partition coefficient (Wildman–Crippen LogP) is 3.17. The van der Waals surface area contributed by atoms with Crippen LogP contribution in [-0.4, -0.2) is 30.0 Å². The molecule has 2 heterocycles. The first kappa shape index (κ1) is 13.3. The Labute approximate surface area is 117 Å². The first-order valence-electron chi connectivity index (χ1n) is 5.33. The Morgan fingerprint density at radius 1 is 1.53 bits per heavy atom. The molecule has 1 aromatic rings. The van der Waals surface area contributed by atoms with Crippen molar-refractivity contribution in [2.45, 2.75) is 25.7 Å². The molecular formula is C11H14Br2N2O2. The van der Waals surface area contributed by atoms with Crippen LogP contribution < -0.4 is 5.32 Å². The normalized spacial score (nSPS) is 22.7. The summed E-state index contributed by atoms with van der Waals surface area (Å²) in [6.07, 6.45) is 1.81. The zero-order valence-electron chi connectivity index (χ0n) is 9.67. The van der Waals surface area contributed by atoms with Crippen LogP contribution in [0.4, 0.5) is 5.82 Å². The summed E-state index contributed by atoms with van der Waals surface area (Å²) >= 11 is 6.82. The van der Waals surface area contributed by atoms with Gasteiger partial charge in [-0.05, 0) is 51.8 Å². The standard InChI is InChI=1S/C11H14Br2N2O2/c1-11(2)16-6-8(17-11)5-15-10-9(13)3-7(12)4-14-10/h3-4,8H,5-6H2,1-2H3,(H,14,15). The molecule has 0 amide bonds. The monoisotopic (exact) mass is 364 g/mol. The van der Waals surface area contributed by atoms with Crippen LogP contribution in [0.2, 0.25) is 0 Å². The second kappa shape index (κ2) is 5.22. The number of nitrogens with zero attached hydrogens (tertiary/aromatic N) is 1. The van der Waals surface area contributed by atoms with Crippen LogP contribution in [0.3, 0.4) is 0 Å². The lowest BCUT2D eigenvalue weighted by Gasteiger charge is -2.17. The van der Waals surface area contributed by atoms with Gasteiger partial charge >= 0.3 is 0 Å². The number of pyridine rings is 1. The maximum absolute atomic E-state index is 5.70. The second-order valence-corrected chi connectivity index (χ2v) is 6.09. The third-order valence-corrected chi connectivity index (χ3v) is 3.41. The molecule has 0 saturated carbocycles. The lowest BCUT2D eigenvalue weighted by atomic mass is 10.3. The largest absolute Gasteiger partial charge is 0.366 e. The molecule has 0 aromatic carbocycles. The van der Waals surface area contributed by atoms with Crippen molar-refractivity contribution in [3.8, 4) is 0 Å². The van der Waals surface area contributed by atoms with Crippen LogP contribution in [0.5, 0.6) is 0 Å². The summed E-state index contributed by atoms with van der Waals surface area (Å²) in [6.45, 7) is 5.12. The van der Waals surface area contributed by atoms with Gasteiger partial charge in [0, 0.05) is 17.2 Å². The first-order valence-corrected chi connectivity index (χ1v) is 6.91. The van der Waals surface area contributed by atoms with Crippen LogP contribution >= 0.6 is 31.9 Å². The Morgan fingerprint density at radius 2 is 2.29 bits per heavy atom. The molecule has 17 heavy (non-hydrogen) atoms. The van der Waals surface area contributed by atoms with E-state index in [-0.39, 0.29) is 6.10 Å². The molecular weight excluding hydrogens is 352 g/mol. The molecule has 1 aromatic heterocycles. The lowest BCUT2D eigenvalue weighted by molar-refractivity contribution is -0.136. The Bertz CT molecular complexity index is 412. The topological polar surface area (TPSA) is 43.4 Å². The number of anilines is 1. The summed E-state index contributed by atoms with van der Waals surface area (Å²) in [5, 5.41) is 3.24. The quantitative estimate of drug-likeness (QED) is 0.893. The Balaban J connectivity index is 1.90. The van der Waals surface area contributed by atoms with Crippen LogP contribution in [-0.2, 0) is 9.47 Å². The third kappa shape index (κ3) is 3.64. The van der Waals surface area contributed by atoms with Gasteiger partial charge in [0.2, 0.25) is 0 Å². The highest BCUT2D eigenvalue weighted by Crippen LogP contribution is 2.25. The van der Waals surface area contributed by atoms with Crippen LogP contribution in [0.15, 0.2) is 21.2 Å². The fraction of sp³-hybridized carbons (Fsp3) is 0.545. The Hall–Kier alpha value is -0.170. The highest BCUT2D eigenvalue weighted by atomic mass is 79.9. The minimum absolute atomic E-state index is 0.0577. The van der Waals surface area contributed by atoms with E-state index in [1.54, 1.807) is 6.20 Å². The molecule has 1 saturated heterocycles. The molecule has 1 fully saturated rings. The number of nitrogens with one attached hydrogen (secondary N) is 1. The summed E-state index contributed by atoms with van der Waals surface area (Å²) in [5.41, 5.74) is 0. The minimum atomic E-state index is -0.475. The summed E-state index contributed by atoms with van der Waals surface area (Å²) in [4.78, 5) is 4.27. The van der Waals surface area contributed by atoms with E-state index in [0.717, 1.165) is 14.8 Å². The number of rotatable bonds is 3. The van der Waals surface area contributed by atoms with Crippen LogP contribution in [0, 0.1) is 0 Å². The molecule has 1 unspecified atom stereocenters. The molecule has 0 aliphatic carbocycles. The third-order valence-electron chi connectivity index (χ3n) is 2.37. The average Bonchev–Trinajstić information content (AvgIpc) is 2.57. The van der Waals surface area contributed by atoms with Crippen molar-refractivity contribution in [1.82, 2.24) is 4.98 Å². The molecule has 2 rings (SSSR count). The van der Waals surface area contributed by atoms with E-state index in [1.165, 1.54) is 0 Å². The molecule has 4 nitrogen and oxygen atoms in total. The highest BCUT2D eigenvalue weighted by molar-refractivity contribution is 9.11. The summed E-state index contributed by atoms with van der Waals surface area (Å²) in [7, 11) is 0. The van der Waals surface area contributed by atoms with Gasteiger partial charge < -0.3 is 14.8 Å². The van der Waals surface area contributed by atoms with Crippen LogP contribution in [0.1, 0.15) is 13.8 Å². The van der Waals surface area contributed by atoms with E-state index in [4.69, 9.17) is 9.47 Å². The van der Waals surface area contributed by atoms with Gasteiger partial charge in [0.05, 0.1) is 11.1 Å². The van der Waals surface area contributed by atoms with Crippen LogP contribution in [0.25, 0.3) is 0 Å². The smallest absolute Gasteiger partial charge is 0.163 e. The molecule has 94 valence electrons. The van der Waals surface area contributed by atoms with E-state index in [2.05, 4.69) is 42.2 Å². The summed E-state index contributed by atoms with van der Waals surface area (Å²) in [6, 6.07) is 1.95. The van der Waals surface area contributed by atoms with Gasteiger partial charge in [-0.15, -0.1) is 0 Å². The van der Waals surface area contributed by atoms with Gasteiger partial charge in [0.15, 0.2) is 5.79 Å². The van der Waals surface area contributed by atoms with Crippen molar-refractivity contribution in [3.63, 3.8) is 0 Å². The van der Waals surface area contributed by atoms with Crippen molar-refractivity contribution in [2.75, 3.05) is 18.5 Å². The number of halogens is 2. The van der Waals surface area contributed by atoms with Crippen molar-refractivity contribution >= 4 is 37.7 Å². The number of hydrogen-bond acceptors (Lipinski definition) is 4. The molecule has 1 N–H and O–H groups in total. The lowest BCUT2D eigenvalue weighted by Crippen LogP contribution is -2.26. The van der Waals surface area contributed by atoms with Gasteiger partial charge in [-0.3, -0.25) is 0 Å². The number of aromatic nitrogens is 1. The van der Waals surface area contributed by atoms with Crippen molar-refractivity contribution in [1.29, 1.82) is 0 Å². The summed E-state index contributed by atoms with van der Waals surface area (Å²) < 4.78 is 13.0. The van der Waals surface area contributed by atoms with Crippen molar-refractivity contribution in [3.05, 3.63) is 21.2 Å². The fourth-order valence-electron chi connectivity index (χ4n) is 1.62.